The highest BCUT2D eigenvalue weighted by atomic mass is 16.3. The molecule has 0 spiro atoms. The van der Waals surface area contributed by atoms with Crippen LogP contribution in [-0.2, 0) is 6.54 Å². The Morgan fingerprint density at radius 2 is 2.17 bits per heavy atom. The van der Waals surface area contributed by atoms with Crippen LogP contribution in [0, 0.1) is 0 Å². The highest BCUT2D eigenvalue weighted by Crippen LogP contribution is 2.18. The molecule has 1 atom stereocenters. The fourth-order valence-electron chi connectivity index (χ4n) is 2.19. The van der Waals surface area contributed by atoms with E-state index < -0.39 is 5.60 Å². The maximum Gasteiger partial charge on any atom is 0.0767 e. The molecule has 2 rings (SSSR count). The van der Waals surface area contributed by atoms with Crippen LogP contribution in [0.2, 0.25) is 0 Å². The van der Waals surface area contributed by atoms with Gasteiger partial charge >= 0.3 is 0 Å². The van der Waals surface area contributed by atoms with Crippen LogP contribution in [0.1, 0.15) is 26.2 Å². The van der Waals surface area contributed by atoms with Gasteiger partial charge in [-0.05, 0) is 25.3 Å². The van der Waals surface area contributed by atoms with E-state index in [0.29, 0.717) is 19.4 Å². The normalized spacial score (nSPS) is 14.8. The van der Waals surface area contributed by atoms with Crippen molar-refractivity contribution in [1.29, 1.82) is 0 Å². The molecule has 98 valence electrons. The second kappa shape index (κ2) is 5.50. The Morgan fingerprint density at radius 1 is 1.39 bits per heavy atom. The summed E-state index contributed by atoms with van der Waals surface area (Å²) in [6.07, 6.45) is 4.18. The maximum atomic E-state index is 10.1. The Labute approximate surface area is 107 Å². The summed E-state index contributed by atoms with van der Waals surface area (Å²) in [4.78, 5) is 0. The Hall–Kier alpha value is -1.39. The average molecular weight is 247 g/mol. The summed E-state index contributed by atoms with van der Waals surface area (Å²) in [7, 11) is 0. The number of hydrogen-bond donors (Lipinski definition) is 2. The van der Waals surface area contributed by atoms with E-state index in [2.05, 4.69) is 17.2 Å². The van der Waals surface area contributed by atoms with E-state index in [1.54, 1.807) is 0 Å². The molecule has 0 aliphatic rings. The van der Waals surface area contributed by atoms with Gasteiger partial charge in [-0.2, -0.15) is 5.10 Å². The standard InChI is InChI=1S/C14H21N3O/c1-2-14(18,11-15)8-5-9-17-13-7-4-3-6-12(13)10-16-17/h3-4,6-7,10,18H,2,5,8-9,11,15H2,1H3. The molecule has 1 heterocycles. The van der Waals surface area contributed by atoms with Crippen LogP contribution >= 0.6 is 0 Å². The van der Waals surface area contributed by atoms with Crippen molar-refractivity contribution >= 4 is 10.9 Å². The SMILES string of the molecule is CCC(O)(CN)CCCn1ncc2ccccc21. The molecule has 0 saturated carbocycles. The van der Waals surface area contributed by atoms with Crippen LogP contribution in [0.3, 0.4) is 0 Å². The zero-order valence-electron chi connectivity index (χ0n) is 10.8. The number of aryl methyl sites for hydroxylation is 1. The summed E-state index contributed by atoms with van der Waals surface area (Å²) in [5, 5.41) is 15.6. The molecular weight excluding hydrogens is 226 g/mol. The van der Waals surface area contributed by atoms with Gasteiger partial charge in [0.05, 0.1) is 17.3 Å². The predicted molar refractivity (Wildman–Crippen MR) is 73.3 cm³/mol. The van der Waals surface area contributed by atoms with Crippen molar-refractivity contribution in [2.75, 3.05) is 6.54 Å². The van der Waals surface area contributed by atoms with Crippen molar-refractivity contribution in [2.24, 2.45) is 5.73 Å². The number of hydrogen-bond acceptors (Lipinski definition) is 3. The predicted octanol–water partition coefficient (Wildman–Crippen LogP) is 1.92. The van der Waals surface area contributed by atoms with Crippen LogP contribution < -0.4 is 5.73 Å². The molecule has 4 heteroatoms. The molecule has 0 bridgehead atoms. The van der Waals surface area contributed by atoms with E-state index in [1.165, 1.54) is 0 Å². The summed E-state index contributed by atoms with van der Waals surface area (Å²) < 4.78 is 1.99. The summed E-state index contributed by atoms with van der Waals surface area (Å²) in [6, 6.07) is 8.15. The number of aromatic nitrogens is 2. The smallest absolute Gasteiger partial charge is 0.0767 e. The fraction of sp³-hybridized carbons (Fsp3) is 0.500. The van der Waals surface area contributed by atoms with Crippen molar-refractivity contribution < 1.29 is 5.11 Å². The van der Waals surface area contributed by atoms with E-state index in [4.69, 9.17) is 5.73 Å². The van der Waals surface area contributed by atoms with Crippen molar-refractivity contribution in [1.82, 2.24) is 9.78 Å². The topological polar surface area (TPSA) is 64.1 Å². The number of nitrogens with two attached hydrogens (primary N) is 1. The Bertz CT molecular complexity index is 502. The van der Waals surface area contributed by atoms with E-state index in [1.807, 2.05) is 29.9 Å². The first-order chi connectivity index (χ1) is 8.68. The minimum Gasteiger partial charge on any atom is -0.389 e. The van der Waals surface area contributed by atoms with Gasteiger partial charge in [-0.1, -0.05) is 25.1 Å². The number of fused-ring (bicyclic) bond motifs is 1. The zero-order chi connectivity index (χ0) is 13.0. The molecule has 0 fully saturated rings. The first kappa shape index (κ1) is 13.1. The Kier molecular flexibility index (Phi) is 3.99. The number of nitrogens with zero attached hydrogens (tertiary/aromatic N) is 2. The van der Waals surface area contributed by atoms with Crippen LogP contribution in [0.25, 0.3) is 10.9 Å². The first-order valence-corrected chi connectivity index (χ1v) is 6.51. The third kappa shape index (κ3) is 2.71. The minimum atomic E-state index is -0.719. The monoisotopic (exact) mass is 247 g/mol. The molecule has 1 aromatic heterocycles. The highest BCUT2D eigenvalue weighted by Gasteiger charge is 2.21. The van der Waals surface area contributed by atoms with Crippen LogP contribution in [0.4, 0.5) is 0 Å². The van der Waals surface area contributed by atoms with E-state index >= 15 is 0 Å². The van der Waals surface area contributed by atoms with Crippen LogP contribution in [0.15, 0.2) is 30.5 Å². The van der Waals surface area contributed by atoms with Crippen molar-refractivity contribution in [3.63, 3.8) is 0 Å². The molecule has 3 N–H and O–H groups in total. The van der Waals surface area contributed by atoms with Gasteiger partial charge in [-0.15, -0.1) is 0 Å². The number of para-hydroxylation sites is 1. The molecule has 18 heavy (non-hydrogen) atoms. The van der Waals surface area contributed by atoms with E-state index in [9.17, 15) is 5.11 Å². The molecule has 0 saturated heterocycles. The lowest BCUT2D eigenvalue weighted by molar-refractivity contribution is 0.0332. The van der Waals surface area contributed by atoms with Gasteiger partial charge in [-0.3, -0.25) is 4.68 Å². The maximum absolute atomic E-state index is 10.1. The first-order valence-electron chi connectivity index (χ1n) is 6.51. The summed E-state index contributed by atoms with van der Waals surface area (Å²) in [5.74, 6) is 0. The fourth-order valence-corrected chi connectivity index (χ4v) is 2.19. The zero-order valence-corrected chi connectivity index (χ0v) is 10.8. The second-order valence-corrected chi connectivity index (χ2v) is 4.81. The lowest BCUT2D eigenvalue weighted by Crippen LogP contribution is -2.37. The molecule has 0 aliphatic carbocycles. The van der Waals surface area contributed by atoms with E-state index in [0.717, 1.165) is 23.9 Å². The number of aliphatic hydroxyl groups is 1. The highest BCUT2D eigenvalue weighted by molar-refractivity contribution is 5.78. The van der Waals surface area contributed by atoms with Gasteiger partial charge in [0.25, 0.3) is 0 Å². The molecule has 0 amide bonds. The lowest BCUT2D eigenvalue weighted by Gasteiger charge is -2.24. The summed E-state index contributed by atoms with van der Waals surface area (Å²) in [6.45, 7) is 3.11. The lowest BCUT2D eigenvalue weighted by atomic mass is 9.95. The van der Waals surface area contributed by atoms with Crippen molar-refractivity contribution in [3.8, 4) is 0 Å². The molecule has 1 aromatic carbocycles. The van der Waals surface area contributed by atoms with Gasteiger partial charge in [0.15, 0.2) is 0 Å². The van der Waals surface area contributed by atoms with Gasteiger partial charge < -0.3 is 10.8 Å². The molecule has 2 aromatic rings. The third-order valence-electron chi connectivity index (χ3n) is 3.60. The molecular formula is C14H21N3O. The molecule has 0 radical (unpaired) electrons. The average Bonchev–Trinajstić information content (AvgIpc) is 2.82. The largest absolute Gasteiger partial charge is 0.389 e. The molecule has 0 aliphatic heterocycles. The van der Waals surface area contributed by atoms with Crippen molar-refractivity contribution in [3.05, 3.63) is 30.5 Å². The quantitative estimate of drug-likeness (QED) is 0.819. The number of benzene rings is 1. The van der Waals surface area contributed by atoms with Gasteiger partial charge in [0.1, 0.15) is 0 Å². The molecule has 4 nitrogen and oxygen atoms in total. The number of rotatable bonds is 6. The Morgan fingerprint density at radius 3 is 2.89 bits per heavy atom. The minimum absolute atomic E-state index is 0.323. The Balaban J connectivity index is 1.98. The van der Waals surface area contributed by atoms with Crippen LogP contribution in [-0.4, -0.2) is 27.0 Å². The van der Waals surface area contributed by atoms with Gasteiger partial charge in [0.2, 0.25) is 0 Å². The van der Waals surface area contributed by atoms with Crippen molar-refractivity contribution in [2.45, 2.75) is 38.3 Å². The van der Waals surface area contributed by atoms with Gasteiger partial charge in [-0.25, -0.2) is 0 Å². The van der Waals surface area contributed by atoms with E-state index in [-0.39, 0.29) is 0 Å². The van der Waals surface area contributed by atoms with Crippen LogP contribution in [0.5, 0.6) is 0 Å². The summed E-state index contributed by atoms with van der Waals surface area (Å²) >= 11 is 0. The van der Waals surface area contributed by atoms with Gasteiger partial charge in [0, 0.05) is 18.5 Å². The summed E-state index contributed by atoms with van der Waals surface area (Å²) in [5.41, 5.74) is 6.02. The molecule has 1 unspecified atom stereocenters. The third-order valence-corrected chi connectivity index (χ3v) is 3.60. The second-order valence-electron chi connectivity index (χ2n) is 4.81.